The number of H-pyrrole nitrogens is 1. The van der Waals surface area contributed by atoms with Crippen molar-refractivity contribution in [3.63, 3.8) is 0 Å². The van der Waals surface area contributed by atoms with E-state index in [9.17, 15) is 0 Å². The number of nitrogens with zero attached hydrogens (tertiary/aromatic N) is 1. The van der Waals surface area contributed by atoms with Crippen LogP contribution in [0.2, 0.25) is 0 Å². The SMILES string of the molecule is CNCc1[nH]cnc1-c1ccc(C)cc1C. The number of aryl methyl sites for hydroxylation is 2. The smallest absolute Gasteiger partial charge is 0.0929 e. The molecule has 2 aromatic rings. The molecule has 0 fully saturated rings. The van der Waals surface area contributed by atoms with E-state index in [1.165, 1.54) is 16.7 Å². The highest BCUT2D eigenvalue weighted by molar-refractivity contribution is 5.66. The summed E-state index contributed by atoms with van der Waals surface area (Å²) in [6, 6.07) is 6.45. The van der Waals surface area contributed by atoms with E-state index in [-0.39, 0.29) is 0 Å². The number of benzene rings is 1. The summed E-state index contributed by atoms with van der Waals surface area (Å²) in [6.07, 6.45) is 1.75. The van der Waals surface area contributed by atoms with Crippen molar-refractivity contribution in [3.05, 3.63) is 41.3 Å². The van der Waals surface area contributed by atoms with Crippen LogP contribution in [0.5, 0.6) is 0 Å². The van der Waals surface area contributed by atoms with Crippen molar-refractivity contribution < 1.29 is 0 Å². The first-order valence-corrected chi connectivity index (χ1v) is 5.47. The zero-order valence-corrected chi connectivity index (χ0v) is 9.96. The van der Waals surface area contributed by atoms with E-state index >= 15 is 0 Å². The zero-order chi connectivity index (χ0) is 11.5. The van der Waals surface area contributed by atoms with Crippen molar-refractivity contribution in [2.45, 2.75) is 20.4 Å². The fourth-order valence-electron chi connectivity index (χ4n) is 1.94. The van der Waals surface area contributed by atoms with Gasteiger partial charge in [-0.3, -0.25) is 0 Å². The second kappa shape index (κ2) is 4.49. The first-order valence-electron chi connectivity index (χ1n) is 5.47. The summed E-state index contributed by atoms with van der Waals surface area (Å²) in [7, 11) is 1.94. The highest BCUT2D eigenvalue weighted by atomic mass is 14.9. The maximum absolute atomic E-state index is 4.40. The van der Waals surface area contributed by atoms with E-state index in [1.54, 1.807) is 6.33 Å². The summed E-state index contributed by atoms with van der Waals surface area (Å²) in [5.41, 5.74) is 5.94. The summed E-state index contributed by atoms with van der Waals surface area (Å²) in [5.74, 6) is 0. The summed E-state index contributed by atoms with van der Waals surface area (Å²) in [5, 5.41) is 3.14. The van der Waals surface area contributed by atoms with Crippen molar-refractivity contribution >= 4 is 0 Å². The van der Waals surface area contributed by atoms with Crippen LogP contribution >= 0.6 is 0 Å². The third-order valence-corrected chi connectivity index (χ3v) is 2.71. The normalized spacial score (nSPS) is 10.7. The predicted octanol–water partition coefficient (Wildman–Crippen LogP) is 2.41. The molecule has 3 nitrogen and oxygen atoms in total. The number of nitrogens with one attached hydrogen (secondary N) is 2. The molecule has 0 aliphatic rings. The van der Waals surface area contributed by atoms with Gasteiger partial charge in [-0.25, -0.2) is 4.98 Å². The highest BCUT2D eigenvalue weighted by Crippen LogP contribution is 2.24. The Hall–Kier alpha value is -1.61. The molecule has 1 aromatic heterocycles. The van der Waals surface area contributed by atoms with Crippen LogP contribution < -0.4 is 5.32 Å². The molecule has 3 heteroatoms. The summed E-state index contributed by atoms with van der Waals surface area (Å²) in [6.45, 7) is 5.04. The van der Waals surface area contributed by atoms with Crippen molar-refractivity contribution in [1.82, 2.24) is 15.3 Å². The van der Waals surface area contributed by atoms with Gasteiger partial charge in [0, 0.05) is 12.1 Å². The van der Waals surface area contributed by atoms with Gasteiger partial charge in [-0.15, -0.1) is 0 Å². The van der Waals surface area contributed by atoms with Gasteiger partial charge in [0.05, 0.1) is 17.7 Å². The average molecular weight is 215 g/mol. The monoisotopic (exact) mass is 215 g/mol. The minimum absolute atomic E-state index is 0.808. The molecule has 0 bridgehead atoms. The van der Waals surface area contributed by atoms with Crippen LogP contribution in [0.25, 0.3) is 11.3 Å². The summed E-state index contributed by atoms with van der Waals surface area (Å²) >= 11 is 0. The maximum atomic E-state index is 4.40. The predicted molar refractivity (Wildman–Crippen MR) is 66.3 cm³/mol. The van der Waals surface area contributed by atoms with Crippen molar-refractivity contribution in [2.24, 2.45) is 0 Å². The Bertz CT molecular complexity index is 486. The Balaban J connectivity index is 2.46. The van der Waals surface area contributed by atoms with Crippen molar-refractivity contribution in [2.75, 3.05) is 7.05 Å². The second-order valence-electron chi connectivity index (χ2n) is 4.08. The van der Waals surface area contributed by atoms with E-state index in [0.717, 1.165) is 17.9 Å². The highest BCUT2D eigenvalue weighted by Gasteiger charge is 2.09. The standard InChI is InChI=1S/C13H17N3/c1-9-4-5-11(10(2)6-9)13-12(7-14-3)15-8-16-13/h4-6,8,14H,7H2,1-3H3,(H,15,16). The molecule has 0 spiro atoms. The number of rotatable bonds is 3. The maximum Gasteiger partial charge on any atom is 0.0929 e. The fraction of sp³-hybridized carbons (Fsp3) is 0.308. The third-order valence-electron chi connectivity index (χ3n) is 2.71. The molecule has 1 aromatic carbocycles. The Morgan fingerprint density at radius 2 is 2.12 bits per heavy atom. The van der Waals surface area contributed by atoms with Gasteiger partial charge in [0.15, 0.2) is 0 Å². The van der Waals surface area contributed by atoms with Crippen molar-refractivity contribution in [3.8, 4) is 11.3 Å². The van der Waals surface area contributed by atoms with Gasteiger partial charge in [0.1, 0.15) is 0 Å². The lowest BCUT2D eigenvalue weighted by Crippen LogP contribution is -2.06. The molecule has 0 aliphatic heterocycles. The molecular weight excluding hydrogens is 198 g/mol. The number of hydrogen-bond donors (Lipinski definition) is 2. The number of hydrogen-bond acceptors (Lipinski definition) is 2. The molecule has 0 radical (unpaired) electrons. The second-order valence-corrected chi connectivity index (χ2v) is 4.08. The molecule has 0 saturated heterocycles. The Kier molecular flexibility index (Phi) is 3.06. The van der Waals surface area contributed by atoms with Crippen LogP contribution in [-0.2, 0) is 6.54 Å². The van der Waals surface area contributed by atoms with E-state index in [4.69, 9.17) is 0 Å². The lowest BCUT2D eigenvalue weighted by molar-refractivity contribution is 0.798. The zero-order valence-electron chi connectivity index (χ0n) is 9.96. The van der Waals surface area contributed by atoms with Gasteiger partial charge in [0.25, 0.3) is 0 Å². The Labute approximate surface area is 95.9 Å². The first kappa shape index (κ1) is 10.9. The minimum atomic E-state index is 0.808. The van der Waals surface area contributed by atoms with Crippen LogP contribution in [0.3, 0.4) is 0 Å². The molecule has 2 N–H and O–H groups in total. The molecule has 1 heterocycles. The van der Waals surface area contributed by atoms with Gasteiger partial charge < -0.3 is 10.3 Å². The Morgan fingerprint density at radius 3 is 2.81 bits per heavy atom. The van der Waals surface area contributed by atoms with E-state index in [0.29, 0.717) is 0 Å². The minimum Gasteiger partial charge on any atom is -0.347 e. The molecule has 84 valence electrons. The van der Waals surface area contributed by atoms with Gasteiger partial charge in [0.2, 0.25) is 0 Å². The number of imidazole rings is 1. The third kappa shape index (κ3) is 1.99. The molecule has 0 saturated carbocycles. The van der Waals surface area contributed by atoms with Gasteiger partial charge in [-0.2, -0.15) is 0 Å². The summed E-state index contributed by atoms with van der Waals surface area (Å²) < 4.78 is 0. The lowest BCUT2D eigenvalue weighted by atomic mass is 10.0. The molecule has 0 amide bonds. The topological polar surface area (TPSA) is 40.7 Å². The van der Waals surface area contributed by atoms with Gasteiger partial charge >= 0.3 is 0 Å². The van der Waals surface area contributed by atoms with Gasteiger partial charge in [-0.1, -0.05) is 23.8 Å². The first-order chi connectivity index (χ1) is 7.72. The molecule has 0 unspecified atom stereocenters. The number of aromatic amines is 1. The largest absolute Gasteiger partial charge is 0.347 e. The molecule has 2 rings (SSSR count). The quantitative estimate of drug-likeness (QED) is 0.825. The molecule has 0 atom stereocenters. The van der Waals surface area contributed by atoms with E-state index in [1.807, 2.05) is 7.05 Å². The van der Waals surface area contributed by atoms with Crippen LogP contribution in [0, 0.1) is 13.8 Å². The van der Waals surface area contributed by atoms with Gasteiger partial charge in [-0.05, 0) is 26.5 Å². The lowest BCUT2D eigenvalue weighted by Gasteiger charge is -2.06. The number of aromatic nitrogens is 2. The Morgan fingerprint density at radius 1 is 1.31 bits per heavy atom. The van der Waals surface area contributed by atoms with Crippen LogP contribution in [0.15, 0.2) is 24.5 Å². The van der Waals surface area contributed by atoms with E-state index < -0.39 is 0 Å². The molecule has 16 heavy (non-hydrogen) atoms. The van der Waals surface area contributed by atoms with Crippen LogP contribution in [0.4, 0.5) is 0 Å². The van der Waals surface area contributed by atoms with Crippen molar-refractivity contribution in [1.29, 1.82) is 0 Å². The molecular formula is C13H17N3. The summed E-state index contributed by atoms with van der Waals surface area (Å²) in [4.78, 5) is 7.57. The van der Waals surface area contributed by atoms with Crippen LogP contribution in [0.1, 0.15) is 16.8 Å². The van der Waals surface area contributed by atoms with E-state index in [2.05, 4.69) is 47.3 Å². The fourth-order valence-corrected chi connectivity index (χ4v) is 1.94. The molecule has 0 aliphatic carbocycles. The average Bonchev–Trinajstić information content (AvgIpc) is 2.67. The van der Waals surface area contributed by atoms with Crippen LogP contribution in [-0.4, -0.2) is 17.0 Å².